The van der Waals surface area contributed by atoms with Crippen molar-refractivity contribution in [2.45, 2.75) is 13.8 Å². The molecule has 2 aromatic rings. The molecule has 9 heteroatoms. The van der Waals surface area contributed by atoms with E-state index < -0.39 is 0 Å². The molecular formula is C18H22N6O3. The van der Waals surface area contributed by atoms with Crippen LogP contribution in [0.1, 0.15) is 24.2 Å². The molecule has 9 nitrogen and oxygen atoms in total. The summed E-state index contributed by atoms with van der Waals surface area (Å²) in [6, 6.07) is 7.19. The highest BCUT2D eigenvalue weighted by Gasteiger charge is 2.23. The molecule has 2 heterocycles. The van der Waals surface area contributed by atoms with Crippen LogP contribution in [0.3, 0.4) is 0 Å². The van der Waals surface area contributed by atoms with Gasteiger partial charge in [-0.25, -0.2) is 4.79 Å². The number of benzene rings is 1. The van der Waals surface area contributed by atoms with Crippen molar-refractivity contribution in [3.8, 4) is 0 Å². The Morgan fingerprint density at radius 2 is 2.00 bits per heavy atom. The van der Waals surface area contributed by atoms with Crippen molar-refractivity contribution in [3.63, 3.8) is 0 Å². The third-order valence-corrected chi connectivity index (χ3v) is 4.18. The predicted molar refractivity (Wildman–Crippen MR) is 100 cm³/mol. The van der Waals surface area contributed by atoms with Crippen molar-refractivity contribution >= 4 is 29.3 Å². The molecule has 1 aromatic heterocycles. The fraction of sp³-hybridized carbons (Fsp3) is 0.389. The second kappa shape index (κ2) is 8.43. The smallest absolute Gasteiger partial charge is 0.409 e. The number of carbonyl (C=O) groups excluding carboxylic acids is 2. The summed E-state index contributed by atoms with van der Waals surface area (Å²) in [5, 5.41) is 11.2. The Hall–Kier alpha value is -3.23. The zero-order chi connectivity index (χ0) is 19.2. The Morgan fingerprint density at radius 1 is 1.22 bits per heavy atom. The van der Waals surface area contributed by atoms with E-state index in [2.05, 4.69) is 20.5 Å². The van der Waals surface area contributed by atoms with Gasteiger partial charge in [0.2, 0.25) is 5.95 Å². The number of aromatic nitrogens is 3. The number of nitrogens with zero attached hydrogens (tertiary/aromatic N) is 5. The quantitative estimate of drug-likeness (QED) is 0.799. The highest BCUT2D eigenvalue weighted by molar-refractivity contribution is 5.95. The van der Waals surface area contributed by atoms with Crippen LogP contribution < -0.4 is 10.2 Å². The van der Waals surface area contributed by atoms with Crippen LogP contribution in [0.15, 0.2) is 30.5 Å². The zero-order valence-corrected chi connectivity index (χ0v) is 15.4. The van der Waals surface area contributed by atoms with Gasteiger partial charge in [-0.2, -0.15) is 10.1 Å². The maximum atomic E-state index is 11.8. The lowest BCUT2D eigenvalue weighted by Crippen LogP contribution is -2.49. The standard InChI is InChI=1S/C18H22N6O3/c1-3-27-18(26)24-9-7-23(8-10-24)17-21-16(12-19-22-17)20-15-6-4-5-14(11-15)13(2)25/h4-6,11-12H,3,7-10H2,1-2H3,(H,20,21,22). The monoisotopic (exact) mass is 370 g/mol. The minimum Gasteiger partial charge on any atom is -0.450 e. The van der Waals surface area contributed by atoms with E-state index in [9.17, 15) is 9.59 Å². The van der Waals surface area contributed by atoms with E-state index in [0.717, 1.165) is 5.69 Å². The van der Waals surface area contributed by atoms with Gasteiger partial charge in [0, 0.05) is 37.4 Å². The summed E-state index contributed by atoms with van der Waals surface area (Å²) >= 11 is 0. The molecule has 1 aliphatic heterocycles. The summed E-state index contributed by atoms with van der Waals surface area (Å²) in [4.78, 5) is 31.4. The van der Waals surface area contributed by atoms with Gasteiger partial charge in [-0.05, 0) is 26.0 Å². The molecule has 1 aliphatic rings. The second-order valence-electron chi connectivity index (χ2n) is 6.08. The molecule has 1 N–H and O–H groups in total. The van der Waals surface area contributed by atoms with Gasteiger partial charge in [-0.3, -0.25) is 4.79 Å². The van der Waals surface area contributed by atoms with Crippen LogP contribution in [0.5, 0.6) is 0 Å². The molecule has 0 radical (unpaired) electrons. The van der Waals surface area contributed by atoms with Crippen molar-refractivity contribution in [1.82, 2.24) is 20.1 Å². The average Bonchev–Trinajstić information content (AvgIpc) is 2.69. The molecule has 0 aliphatic carbocycles. The number of rotatable bonds is 5. The van der Waals surface area contributed by atoms with Crippen molar-refractivity contribution in [3.05, 3.63) is 36.0 Å². The third-order valence-electron chi connectivity index (χ3n) is 4.18. The largest absolute Gasteiger partial charge is 0.450 e. The number of ketones is 1. The summed E-state index contributed by atoms with van der Waals surface area (Å²) in [5.74, 6) is 1.03. The Labute approximate surface area is 157 Å². The van der Waals surface area contributed by atoms with E-state index in [1.807, 2.05) is 17.0 Å². The van der Waals surface area contributed by atoms with Crippen molar-refractivity contribution in [2.75, 3.05) is 43.0 Å². The molecule has 1 fully saturated rings. The first-order chi connectivity index (χ1) is 13.1. The van der Waals surface area contributed by atoms with Crippen LogP contribution >= 0.6 is 0 Å². The highest BCUT2D eigenvalue weighted by atomic mass is 16.6. The van der Waals surface area contributed by atoms with Crippen LogP contribution in [0, 0.1) is 0 Å². The van der Waals surface area contributed by atoms with Crippen molar-refractivity contribution in [2.24, 2.45) is 0 Å². The van der Waals surface area contributed by atoms with Crippen LogP contribution in [-0.2, 0) is 4.74 Å². The topological polar surface area (TPSA) is 101 Å². The van der Waals surface area contributed by atoms with Gasteiger partial charge in [0.1, 0.15) is 0 Å². The first kappa shape index (κ1) is 18.6. The number of nitrogens with one attached hydrogen (secondary N) is 1. The molecule has 3 rings (SSSR count). The van der Waals surface area contributed by atoms with Crippen LogP contribution in [0.4, 0.5) is 22.2 Å². The maximum absolute atomic E-state index is 11.8. The van der Waals surface area contributed by atoms with E-state index in [-0.39, 0.29) is 11.9 Å². The van der Waals surface area contributed by atoms with Gasteiger partial charge in [0.15, 0.2) is 11.6 Å². The minimum atomic E-state index is -0.294. The van der Waals surface area contributed by atoms with Gasteiger partial charge >= 0.3 is 6.09 Å². The summed E-state index contributed by atoms with van der Waals surface area (Å²) < 4.78 is 5.03. The number of Topliss-reactive ketones (excluding diaryl/α,β-unsaturated/α-hetero) is 1. The normalized spacial score (nSPS) is 14.0. The summed E-state index contributed by atoms with van der Waals surface area (Å²) in [5.41, 5.74) is 1.37. The van der Waals surface area contributed by atoms with Crippen molar-refractivity contribution in [1.29, 1.82) is 0 Å². The molecule has 142 valence electrons. The molecule has 0 bridgehead atoms. The minimum absolute atomic E-state index is 0.000350. The lowest BCUT2D eigenvalue weighted by atomic mass is 10.1. The molecule has 1 amide bonds. The lowest BCUT2D eigenvalue weighted by molar-refractivity contribution is 0.101. The van der Waals surface area contributed by atoms with Crippen LogP contribution in [-0.4, -0.2) is 64.7 Å². The number of anilines is 3. The molecule has 1 saturated heterocycles. The van der Waals surface area contributed by atoms with Gasteiger partial charge < -0.3 is 19.9 Å². The predicted octanol–water partition coefficient (Wildman–Crippen LogP) is 2.10. The van der Waals surface area contributed by atoms with Gasteiger partial charge in [0.25, 0.3) is 0 Å². The summed E-state index contributed by atoms with van der Waals surface area (Å²) in [6.45, 7) is 5.97. The van der Waals surface area contributed by atoms with E-state index in [1.165, 1.54) is 13.1 Å². The second-order valence-corrected chi connectivity index (χ2v) is 6.08. The van der Waals surface area contributed by atoms with Gasteiger partial charge in [0.05, 0.1) is 12.8 Å². The fourth-order valence-corrected chi connectivity index (χ4v) is 2.76. The Kier molecular flexibility index (Phi) is 5.80. The van der Waals surface area contributed by atoms with E-state index in [4.69, 9.17) is 4.74 Å². The Bertz CT molecular complexity index is 820. The third kappa shape index (κ3) is 4.69. The van der Waals surface area contributed by atoms with Gasteiger partial charge in [-0.15, -0.1) is 5.10 Å². The lowest BCUT2D eigenvalue weighted by Gasteiger charge is -2.33. The first-order valence-electron chi connectivity index (χ1n) is 8.81. The SMILES string of the molecule is CCOC(=O)N1CCN(c2nncc(Nc3cccc(C(C)=O)c3)n2)CC1. The molecular weight excluding hydrogens is 348 g/mol. The van der Waals surface area contributed by atoms with Crippen molar-refractivity contribution < 1.29 is 14.3 Å². The molecule has 27 heavy (non-hydrogen) atoms. The summed E-state index contributed by atoms with van der Waals surface area (Å²) in [7, 11) is 0. The first-order valence-corrected chi connectivity index (χ1v) is 8.81. The van der Waals surface area contributed by atoms with E-state index >= 15 is 0 Å². The molecule has 0 unspecified atom stereocenters. The van der Waals surface area contributed by atoms with Gasteiger partial charge in [-0.1, -0.05) is 12.1 Å². The van der Waals surface area contributed by atoms with Crippen LogP contribution in [0.25, 0.3) is 0 Å². The Balaban J connectivity index is 1.65. The number of hydrogen-bond acceptors (Lipinski definition) is 8. The number of amides is 1. The summed E-state index contributed by atoms with van der Waals surface area (Å²) in [6.07, 6.45) is 1.23. The zero-order valence-electron chi connectivity index (χ0n) is 15.4. The van der Waals surface area contributed by atoms with E-state index in [1.54, 1.807) is 24.0 Å². The van der Waals surface area contributed by atoms with E-state index in [0.29, 0.717) is 50.1 Å². The molecule has 1 aromatic carbocycles. The fourth-order valence-electron chi connectivity index (χ4n) is 2.76. The molecule has 0 atom stereocenters. The van der Waals surface area contributed by atoms with Crippen LogP contribution in [0.2, 0.25) is 0 Å². The number of carbonyl (C=O) groups is 2. The molecule has 0 spiro atoms. The Morgan fingerprint density at radius 3 is 2.70 bits per heavy atom. The maximum Gasteiger partial charge on any atom is 0.409 e. The number of piperazine rings is 1. The average molecular weight is 370 g/mol. The highest BCUT2D eigenvalue weighted by Crippen LogP contribution is 2.18. The molecule has 0 saturated carbocycles. The number of hydrogen-bond donors (Lipinski definition) is 1. The number of ether oxygens (including phenoxy) is 1.